The van der Waals surface area contributed by atoms with Crippen molar-refractivity contribution in [2.45, 2.75) is 32.0 Å². The Labute approximate surface area is 223 Å². The molecule has 10 heteroatoms. The van der Waals surface area contributed by atoms with E-state index in [2.05, 4.69) is 39.6 Å². The number of nitrogens with zero attached hydrogens (tertiary/aromatic N) is 3. The molecule has 5 rings (SSSR count). The highest BCUT2D eigenvalue weighted by Gasteiger charge is 2.19. The van der Waals surface area contributed by atoms with Gasteiger partial charge in [-0.1, -0.05) is 30.0 Å². The van der Waals surface area contributed by atoms with Crippen molar-refractivity contribution >= 4 is 40.2 Å². The monoisotopic (exact) mass is 529 g/mol. The summed E-state index contributed by atoms with van der Waals surface area (Å²) >= 11 is 1.31. The average Bonchev–Trinajstić information content (AvgIpc) is 3.64. The van der Waals surface area contributed by atoms with Crippen LogP contribution in [0.15, 0.2) is 76.5 Å². The van der Waals surface area contributed by atoms with Gasteiger partial charge in [0.1, 0.15) is 11.6 Å². The molecule has 3 heterocycles. The SMILES string of the molecule is CCOC(=O)c1ccc(NC(=O)CSc2nnc(Cc3c(C)[nH]c4ccccc34)n2Cc2ccco2)cc1. The normalized spacial score (nSPS) is 11.1. The van der Waals surface area contributed by atoms with Gasteiger partial charge in [-0.3, -0.25) is 9.36 Å². The predicted molar refractivity (Wildman–Crippen MR) is 145 cm³/mol. The second-order valence-corrected chi connectivity index (χ2v) is 9.59. The molecule has 0 radical (unpaired) electrons. The third-order valence-electron chi connectivity index (χ3n) is 6.06. The van der Waals surface area contributed by atoms with E-state index in [1.165, 1.54) is 11.8 Å². The van der Waals surface area contributed by atoms with Gasteiger partial charge in [0.2, 0.25) is 5.91 Å². The number of thioether (sulfide) groups is 1. The van der Waals surface area contributed by atoms with Crippen LogP contribution >= 0.6 is 11.8 Å². The number of fused-ring (bicyclic) bond motifs is 1. The molecule has 1 amide bonds. The molecule has 0 atom stereocenters. The molecule has 0 bridgehead atoms. The smallest absolute Gasteiger partial charge is 0.338 e. The first-order valence-electron chi connectivity index (χ1n) is 12.2. The first-order chi connectivity index (χ1) is 18.5. The zero-order chi connectivity index (χ0) is 26.5. The van der Waals surface area contributed by atoms with Gasteiger partial charge in [-0.05, 0) is 61.9 Å². The van der Waals surface area contributed by atoms with E-state index in [4.69, 9.17) is 9.15 Å². The van der Waals surface area contributed by atoms with Gasteiger partial charge < -0.3 is 19.5 Å². The van der Waals surface area contributed by atoms with E-state index in [9.17, 15) is 9.59 Å². The highest BCUT2D eigenvalue weighted by atomic mass is 32.2. The first kappa shape index (κ1) is 25.3. The number of nitrogens with one attached hydrogen (secondary N) is 2. The number of amides is 1. The summed E-state index contributed by atoms with van der Waals surface area (Å²) in [6.07, 6.45) is 2.22. The number of carbonyl (C=O) groups is 2. The molecule has 2 N–H and O–H groups in total. The lowest BCUT2D eigenvalue weighted by molar-refractivity contribution is -0.113. The zero-order valence-electron chi connectivity index (χ0n) is 21.1. The van der Waals surface area contributed by atoms with Crippen LogP contribution in [0.3, 0.4) is 0 Å². The van der Waals surface area contributed by atoms with Crippen LogP contribution in [-0.4, -0.2) is 44.0 Å². The maximum Gasteiger partial charge on any atom is 0.338 e. The lowest BCUT2D eigenvalue weighted by Gasteiger charge is -2.10. The number of hydrogen-bond donors (Lipinski definition) is 2. The largest absolute Gasteiger partial charge is 0.467 e. The van der Waals surface area contributed by atoms with Crippen LogP contribution in [0, 0.1) is 6.92 Å². The third kappa shape index (κ3) is 5.65. The van der Waals surface area contributed by atoms with Crippen LogP contribution in [0.2, 0.25) is 0 Å². The van der Waals surface area contributed by atoms with Crippen molar-refractivity contribution in [1.82, 2.24) is 19.7 Å². The predicted octanol–water partition coefficient (Wildman–Crippen LogP) is 5.21. The Morgan fingerprint density at radius 1 is 1.08 bits per heavy atom. The van der Waals surface area contributed by atoms with Crippen LogP contribution in [0.25, 0.3) is 10.9 Å². The number of aryl methyl sites for hydroxylation is 1. The van der Waals surface area contributed by atoms with Gasteiger partial charge in [-0.25, -0.2) is 4.79 Å². The number of aromatic amines is 1. The second-order valence-electron chi connectivity index (χ2n) is 8.65. The maximum atomic E-state index is 12.7. The molecule has 9 nitrogen and oxygen atoms in total. The Kier molecular flexibility index (Phi) is 7.60. The average molecular weight is 530 g/mol. The van der Waals surface area contributed by atoms with Crippen molar-refractivity contribution in [1.29, 1.82) is 0 Å². The summed E-state index contributed by atoms with van der Waals surface area (Å²) < 4.78 is 12.6. The Balaban J connectivity index is 1.30. The number of para-hydroxylation sites is 1. The molecule has 3 aromatic heterocycles. The minimum atomic E-state index is -0.393. The van der Waals surface area contributed by atoms with Gasteiger partial charge in [0.05, 0.1) is 30.7 Å². The molecule has 0 aliphatic rings. The minimum absolute atomic E-state index is 0.141. The number of benzene rings is 2. The van der Waals surface area contributed by atoms with Crippen LogP contribution < -0.4 is 5.32 Å². The van der Waals surface area contributed by atoms with E-state index >= 15 is 0 Å². The molecule has 0 unspecified atom stereocenters. The number of carbonyl (C=O) groups excluding carboxylic acids is 2. The van der Waals surface area contributed by atoms with Crippen LogP contribution in [0.1, 0.15) is 40.1 Å². The van der Waals surface area contributed by atoms with Crippen molar-refractivity contribution < 1.29 is 18.7 Å². The van der Waals surface area contributed by atoms with E-state index in [0.717, 1.165) is 33.7 Å². The summed E-state index contributed by atoms with van der Waals surface area (Å²) in [5.74, 6) is 1.11. The highest BCUT2D eigenvalue weighted by Crippen LogP contribution is 2.26. The molecule has 38 heavy (non-hydrogen) atoms. The molecule has 2 aromatic carbocycles. The van der Waals surface area contributed by atoms with Crippen molar-refractivity contribution in [2.75, 3.05) is 17.7 Å². The van der Waals surface area contributed by atoms with E-state index < -0.39 is 5.97 Å². The van der Waals surface area contributed by atoms with E-state index in [0.29, 0.717) is 36.0 Å². The van der Waals surface area contributed by atoms with Gasteiger partial charge in [0.15, 0.2) is 5.16 Å². The van der Waals surface area contributed by atoms with Crippen LogP contribution in [0.5, 0.6) is 0 Å². The van der Waals surface area contributed by atoms with Gasteiger partial charge in [0, 0.05) is 28.7 Å². The molecule has 194 valence electrons. The van der Waals surface area contributed by atoms with E-state index in [-0.39, 0.29) is 11.7 Å². The Hall–Kier alpha value is -4.31. The number of ether oxygens (including phenoxy) is 1. The maximum absolute atomic E-state index is 12.7. The fraction of sp³-hybridized carbons (Fsp3) is 0.214. The van der Waals surface area contributed by atoms with Crippen molar-refractivity contribution in [3.63, 3.8) is 0 Å². The van der Waals surface area contributed by atoms with E-state index in [1.807, 2.05) is 28.8 Å². The molecule has 0 saturated carbocycles. The third-order valence-corrected chi connectivity index (χ3v) is 7.03. The topological polar surface area (TPSA) is 115 Å². The summed E-state index contributed by atoms with van der Waals surface area (Å²) in [6.45, 7) is 4.58. The van der Waals surface area contributed by atoms with Crippen molar-refractivity contribution in [3.8, 4) is 0 Å². The highest BCUT2D eigenvalue weighted by molar-refractivity contribution is 7.99. The fourth-order valence-electron chi connectivity index (χ4n) is 4.23. The molecule has 0 aliphatic carbocycles. The molecule has 0 aliphatic heterocycles. The van der Waals surface area contributed by atoms with Crippen molar-refractivity contribution in [3.05, 3.63) is 95.3 Å². The molecular weight excluding hydrogens is 502 g/mol. The molecule has 0 saturated heterocycles. The summed E-state index contributed by atoms with van der Waals surface area (Å²) in [7, 11) is 0. The number of anilines is 1. The minimum Gasteiger partial charge on any atom is -0.467 e. The Bertz CT molecular complexity index is 1550. The molecule has 0 fully saturated rings. The lowest BCUT2D eigenvalue weighted by Crippen LogP contribution is -2.15. The Morgan fingerprint density at radius 2 is 1.89 bits per heavy atom. The van der Waals surface area contributed by atoms with Gasteiger partial charge >= 0.3 is 5.97 Å². The van der Waals surface area contributed by atoms with Crippen LogP contribution in [0.4, 0.5) is 5.69 Å². The number of hydrogen-bond acceptors (Lipinski definition) is 7. The summed E-state index contributed by atoms with van der Waals surface area (Å²) in [6, 6.07) is 18.5. The molecule has 5 aromatic rings. The van der Waals surface area contributed by atoms with Gasteiger partial charge in [-0.15, -0.1) is 10.2 Å². The lowest BCUT2D eigenvalue weighted by atomic mass is 10.1. The zero-order valence-corrected chi connectivity index (χ0v) is 21.9. The Morgan fingerprint density at radius 3 is 2.66 bits per heavy atom. The number of H-pyrrole nitrogens is 1. The first-order valence-corrected chi connectivity index (χ1v) is 13.2. The standard InChI is InChI=1S/C28H27N5O4S/c1-3-36-27(35)19-10-12-20(13-11-19)30-26(34)17-38-28-32-31-25(33(28)16-21-7-6-14-37-21)15-23-18(2)29-24-9-5-4-8-22(23)24/h4-14,29H,3,15-17H2,1-2H3,(H,30,34). The van der Waals surface area contributed by atoms with Crippen molar-refractivity contribution in [2.24, 2.45) is 0 Å². The van der Waals surface area contributed by atoms with E-state index in [1.54, 1.807) is 37.5 Å². The van der Waals surface area contributed by atoms with Gasteiger partial charge in [0.25, 0.3) is 0 Å². The summed E-state index contributed by atoms with van der Waals surface area (Å²) in [4.78, 5) is 28.0. The summed E-state index contributed by atoms with van der Waals surface area (Å²) in [5, 5.41) is 13.5. The second kappa shape index (κ2) is 11.4. The molecule has 0 spiro atoms. The van der Waals surface area contributed by atoms with Gasteiger partial charge in [-0.2, -0.15) is 0 Å². The number of aromatic nitrogens is 4. The quantitative estimate of drug-likeness (QED) is 0.189. The number of rotatable bonds is 10. The fourth-order valence-corrected chi connectivity index (χ4v) is 4.98. The number of furan rings is 1. The molecular formula is C28H27N5O4S. The van der Waals surface area contributed by atoms with Crippen LogP contribution in [-0.2, 0) is 22.5 Å². The number of esters is 1. The summed E-state index contributed by atoms with van der Waals surface area (Å²) in [5.41, 5.74) is 4.36.